The average Bonchev–Trinajstić information content (AvgIpc) is 2.84. The Balaban J connectivity index is 1.76. The van der Waals surface area contributed by atoms with Crippen molar-refractivity contribution in [2.75, 3.05) is 0 Å². The summed E-state index contributed by atoms with van der Waals surface area (Å²) in [5, 5.41) is 13.1. The van der Waals surface area contributed by atoms with Crippen molar-refractivity contribution < 1.29 is 5.11 Å². The summed E-state index contributed by atoms with van der Waals surface area (Å²) >= 11 is 1.88. The number of thiophene rings is 1. The molecule has 0 aliphatic heterocycles. The van der Waals surface area contributed by atoms with Crippen molar-refractivity contribution in [3.8, 4) is 0 Å². The van der Waals surface area contributed by atoms with E-state index in [1.807, 2.05) is 11.3 Å². The highest BCUT2D eigenvalue weighted by Crippen LogP contribution is 2.43. The molecule has 1 aromatic rings. The summed E-state index contributed by atoms with van der Waals surface area (Å²) in [6.45, 7) is 4.71. The van der Waals surface area contributed by atoms with Gasteiger partial charge in [-0.3, -0.25) is 0 Å². The smallest absolute Gasteiger partial charge is 0.0637 e. The maximum atomic E-state index is 10.9. The van der Waals surface area contributed by atoms with Gasteiger partial charge in [-0.25, -0.2) is 0 Å². The zero-order valence-electron chi connectivity index (χ0n) is 12.1. The van der Waals surface area contributed by atoms with Crippen LogP contribution in [0.3, 0.4) is 0 Å². The number of rotatable bonds is 2. The van der Waals surface area contributed by atoms with Gasteiger partial charge in [0.15, 0.2) is 0 Å². The van der Waals surface area contributed by atoms with E-state index in [1.54, 1.807) is 0 Å². The van der Waals surface area contributed by atoms with Crippen molar-refractivity contribution in [1.29, 1.82) is 0 Å². The monoisotopic (exact) mass is 278 g/mol. The number of aliphatic hydroxyl groups excluding tert-OH is 1. The van der Waals surface area contributed by atoms with Gasteiger partial charge in [0.25, 0.3) is 0 Å². The molecule has 2 aliphatic carbocycles. The molecule has 0 bridgehead atoms. The van der Waals surface area contributed by atoms with E-state index < -0.39 is 0 Å². The maximum Gasteiger partial charge on any atom is 0.0637 e. The first-order valence-corrected chi connectivity index (χ1v) is 8.77. The lowest BCUT2D eigenvalue weighted by molar-refractivity contribution is 0.0317. The van der Waals surface area contributed by atoms with Gasteiger partial charge in [0.1, 0.15) is 0 Å². The van der Waals surface area contributed by atoms with Crippen LogP contribution in [0.25, 0.3) is 0 Å². The normalized spacial score (nSPS) is 36.8. The Kier molecular flexibility index (Phi) is 4.00. The Morgan fingerprint density at radius 1 is 1.21 bits per heavy atom. The summed E-state index contributed by atoms with van der Waals surface area (Å²) in [6.07, 6.45) is 7.35. The predicted octanol–water partition coefficient (Wildman–Crippen LogP) is 4.60. The molecule has 19 heavy (non-hydrogen) atoms. The maximum absolute atomic E-state index is 10.9. The molecule has 1 fully saturated rings. The first-order valence-electron chi connectivity index (χ1n) is 7.89. The fourth-order valence-corrected chi connectivity index (χ4v) is 5.49. The molecule has 1 saturated carbocycles. The van der Waals surface area contributed by atoms with Crippen LogP contribution in [0.15, 0.2) is 11.4 Å². The molecule has 0 radical (unpaired) electrons. The van der Waals surface area contributed by atoms with Crippen molar-refractivity contribution in [2.24, 2.45) is 17.8 Å². The highest BCUT2D eigenvalue weighted by molar-refractivity contribution is 7.10. The number of aliphatic hydroxyl groups is 1. The molecule has 1 heterocycles. The Morgan fingerprint density at radius 3 is 2.68 bits per heavy atom. The average molecular weight is 278 g/mol. The van der Waals surface area contributed by atoms with Crippen LogP contribution in [0.1, 0.15) is 62.3 Å². The molecule has 4 unspecified atom stereocenters. The quantitative estimate of drug-likeness (QED) is 0.838. The van der Waals surface area contributed by atoms with Gasteiger partial charge in [0.2, 0.25) is 0 Å². The molecule has 4 atom stereocenters. The minimum absolute atomic E-state index is 0.112. The summed E-state index contributed by atoms with van der Waals surface area (Å²) in [6, 6.07) is 2.27. The number of hydrogen-bond acceptors (Lipinski definition) is 2. The minimum atomic E-state index is -0.112. The summed E-state index contributed by atoms with van der Waals surface area (Å²) in [4.78, 5) is 1.53. The van der Waals surface area contributed by atoms with Crippen LogP contribution in [-0.4, -0.2) is 11.2 Å². The summed E-state index contributed by atoms with van der Waals surface area (Å²) < 4.78 is 0. The summed E-state index contributed by atoms with van der Waals surface area (Å²) in [5.41, 5.74) is 1.47. The van der Waals surface area contributed by atoms with Gasteiger partial charge in [0.05, 0.1) is 6.10 Å². The fraction of sp³-hybridized carbons (Fsp3) is 0.765. The minimum Gasteiger partial charge on any atom is -0.392 e. The molecular weight excluding hydrogens is 252 g/mol. The molecule has 3 rings (SSSR count). The third-order valence-electron chi connectivity index (χ3n) is 5.21. The van der Waals surface area contributed by atoms with Crippen LogP contribution in [0.4, 0.5) is 0 Å². The molecular formula is C17H26OS. The van der Waals surface area contributed by atoms with E-state index in [9.17, 15) is 5.11 Å². The van der Waals surface area contributed by atoms with Crippen molar-refractivity contribution in [1.82, 2.24) is 0 Å². The third kappa shape index (κ3) is 2.75. The van der Waals surface area contributed by atoms with Gasteiger partial charge in [-0.2, -0.15) is 0 Å². The Bertz CT molecular complexity index is 415. The van der Waals surface area contributed by atoms with E-state index in [0.717, 1.165) is 11.8 Å². The van der Waals surface area contributed by atoms with Gasteiger partial charge < -0.3 is 5.11 Å². The molecule has 0 aromatic carbocycles. The Hall–Kier alpha value is -0.340. The van der Waals surface area contributed by atoms with Crippen LogP contribution >= 0.6 is 11.3 Å². The number of hydrogen-bond donors (Lipinski definition) is 1. The molecule has 106 valence electrons. The highest BCUT2D eigenvalue weighted by Gasteiger charge is 2.36. The van der Waals surface area contributed by atoms with Crippen molar-refractivity contribution in [3.05, 3.63) is 21.9 Å². The molecule has 1 N–H and O–H groups in total. The van der Waals surface area contributed by atoms with E-state index >= 15 is 0 Å². The topological polar surface area (TPSA) is 20.2 Å². The van der Waals surface area contributed by atoms with Crippen molar-refractivity contribution >= 4 is 11.3 Å². The van der Waals surface area contributed by atoms with Crippen LogP contribution in [0.5, 0.6) is 0 Å². The molecule has 0 saturated heterocycles. The van der Waals surface area contributed by atoms with E-state index in [-0.39, 0.29) is 6.10 Å². The first kappa shape index (κ1) is 13.6. The van der Waals surface area contributed by atoms with Crippen LogP contribution < -0.4 is 0 Å². The van der Waals surface area contributed by atoms with Crippen molar-refractivity contribution in [2.45, 2.75) is 64.4 Å². The van der Waals surface area contributed by atoms with Crippen LogP contribution in [0.2, 0.25) is 0 Å². The second kappa shape index (κ2) is 5.57. The predicted molar refractivity (Wildman–Crippen MR) is 81.7 cm³/mol. The van der Waals surface area contributed by atoms with Crippen molar-refractivity contribution in [3.63, 3.8) is 0 Å². The highest BCUT2D eigenvalue weighted by atomic mass is 32.1. The van der Waals surface area contributed by atoms with E-state index in [2.05, 4.69) is 25.3 Å². The summed E-state index contributed by atoms with van der Waals surface area (Å²) in [5.74, 6) is 2.51. The van der Waals surface area contributed by atoms with Crippen LogP contribution in [0, 0.1) is 17.8 Å². The van der Waals surface area contributed by atoms with E-state index in [0.29, 0.717) is 11.8 Å². The molecule has 1 aromatic heterocycles. The SMILES string of the molecule is CC1CC(C)CC(C(O)C2CCCc3sccc32)C1. The van der Waals surface area contributed by atoms with Gasteiger partial charge in [-0.1, -0.05) is 13.8 Å². The third-order valence-corrected chi connectivity index (χ3v) is 6.21. The van der Waals surface area contributed by atoms with E-state index in [1.165, 1.54) is 49.0 Å². The van der Waals surface area contributed by atoms with Gasteiger partial charge in [-0.15, -0.1) is 11.3 Å². The molecule has 2 aliphatic rings. The Morgan fingerprint density at radius 2 is 1.95 bits per heavy atom. The fourth-order valence-electron chi connectivity index (χ4n) is 4.49. The zero-order valence-corrected chi connectivity index (χ0v) is 13.0. The second-order valence-corrected chi connectivity index (χ2v) is 7.97. The molecule has 0 spiro atoms. The van der Waals surface area contributed by atoms with Gasteiger partial charge in [0, 0.05) is 10.8 Å². The number of aryl methyl sites for hydroxylation is 1. The summed E-state index contributed by atoms with van der Waals surface area (Å²) in [7, 11) is 0. The zero-order chi connectivity index (χ0) is 13.4. The first-order chi connectivity index (χ1) is 9.15. The standard InChI is InChI=1S/C17H26OS/c1-11-8-12(2)10-13(9-11)17(18)15-4-3-5-16-14(15)6-7-19-16/h6-7,11-13,15,17-18H,3-5,8-10H2,1-2H3. The molecule has 2 heteroatoms. The van der Waals surface area contributed by atoms with E-state index in [4.69, 9.17) is 0 Å². The lowest BCUT2D eigenvalue weighted by Crippen LogP contribution is -2.34. The Labute approximate surface area is 121 Å². The molecule has 0 amide bonds. The lowest BCUT2D eigenvalue weighted by Gasteiger charge is -2.38. The van der Waals surface area contributed by atoms with Crippen LogP contribution in [-0.2, 0) is 6.42 Å². The number of fused-ring (bicyclic) bond motifs is 1. The molecule has 1 nitrogen and oxygen atoms in total. The largest absolute Gasteiger partial charge is 0.392 e. The second-order valence-electron chi connectivity index (χ2n) is 6.97. The van der Waals surface area contributed by atoms with Gasteiger partial charge in [-0.05, 0) is 73.3 Å². The van der Waals surface area contributed by atoms with Gasteiger partial charge >= 0.3 is 0 Å². The lowest BCUT2D eigenvalue weighted by atomic mass is 9.69.